The Morgan fingerprint density at radius 2 is 2.00 bits per heavy atom. The number of anilines is 1. The molecule has 1 aliphatic rings. The summed E-state index contributed by atoms with van der Waals surface area (Å²) in [5, 5.41) is 3.09. The van der Waals surface area contributed by atoms with Gasteiger partial charge in [0.25, 0.3) is 0 Å². The summed E-state index contributed by atoms with van der Waals surface area (Å²) in [6, 6.07) is 5.48. The van der Waals surface area contributed by atoms with Crippen LogP contribution in [0.5, 0.6) is 5.75 Å². The van der Waals surface area contributed by atoms with Gasteiger partial charge in [-0.3, -0.25) is 9.32 Å². The third kappa shape index (κ3) is 6.61. The van der Waals surface area contributed by atoms with E-state index in [0.29, 0.717) is 17.6 Å². The summed E-state index contributed by atoms with van der Waals surface area (Å²) in [5.41, 5.74) is 6.72. The fourth-order valence-corrected chi connectivity index (χ4v) is 5.79. The number of hydrogen-bond donors (Lipinski definition) is 2. The summed E-state index contributed by atoms with van der Waals surface area (Å²) in [6.07, 6.45) is 5.80. The number of allylic oxidation sites excluding steroid dienone is 1. The van der Waals surface area contributed by atoms with Gasteiger partial charge in [0.2, 0.25) is 5.95 Å². The van der Waals surface area contributed by atoms with E-state index in [0.717, 1.165) is 0 Å². The van der Waals surface area contributed by atoms with Crippen molar-refractivity contribution in [2.24, 2.45) is 5.92 Å². The highest BCUT2D eigenvalue weighted by Crippen LogP contribution is 2.48. The first kappa shape index (κ1) is 27.3. The van der Waals surface area contributed by atoms with E-state index in [4.69, 9.17) is 42.7 Å². The van der Waals surface area contributed by atoms with Crippen LogP contribution < -0.4 is 15.3 Å². The number of fused-ring (bicyclic) bond motifs is 1. The molecule has 0 amide bonds. The van der Waals surface area contributed by atoms with Crippen LogP contribution >= 0.6 is 30.9 Å². The molecule has 0 radical (unpaired) electrons. The van der Waals surface area contributed by atoms with Gasteiger partial charge in [-0.1, -0.05) is 47.5 Å². The van der Waals surface area contributed by atoms with Crippen molar-refractivity contribution >= 4 is 54.0 Å². The Kier molecular flexibility index (Phi) is 8.40. The minimum absolute atomic E-state index is 0.0399. The number of benzene rings is 1. The number of nitrogens with two attached hydrogens (primary N) is 1. The second-order valence-electron chi connectivity index (χ2n) is 8.80. The van der Waals surface area contributed by atoms with Crippen LogP contribution in [-0.4, -0.2) is 44.2 Å². The Bertz CT molecular complexity index is 1370. The Balaban J connectivity index is 1.47. The van der Waals surface area contributed by atoms with Crippen molar-refractivity contribution in [3.8, 4) is 5.75 Å². The molecule has 11 nitrogen and oxygen atoms in total. The van der Waals surface area contributed by atoms with Crippen LogP contribution in [0.1, 0.15) is 33.2 Å². The lowest BCUT2D eigenvalue weighted by Gasteiger charge is -2.24. The molecule has 0 bridgehead atoms. The molecule has 1 aliphatic carbocycles. The molecule has 0 spiro atoms. The van der Waals surface area contributed by atoms with E-state index in [1.165, 1.54) is 6.92 Å². The molecule has 0 saturated heterocycles. The first-order valence-corrected chi connectivity index (χ1v) is 13.9. The predicted octanol–water partition coefficient (Wildman–Crippen LogP) is 4.97. The number of halogens is 2. The van der Waals surface area contributed by atoms with Crippen molar-refractivity contribution in [1.29, 1.82) is 0 Å². The second kappa shape index (κ2) is 11.4. The fourth-order valence-electron chi connectivity index (χ4n) is 3.78. The SMILES string of the molecule is CC(C)OC(=O)[C@H](C)NP(=O)(OC[C@@H]1C=C[C@H](n2cnc3c(Cl)nc(N)nc32)C1)Oc1ccccc1Cl. The van der Waals surface area contributed by atoms with Gasteiger partial charge in [-0.05, 0) is 39.3 Å². The van der Waals surface area contributed by atoms with Crippen LogP contribution in [0.15, 0.2) is 42.7 Å². The summed E-state index contributed by atoms with van der Waals surface area (Å²) < 4.78 is 32.3. The van der Waals surface area contributed by atoms with E-state index >= 15 is 0 Å². The number of ether oxygens (including phenoxy) is 1. The number of aromatic nitrogens is 4. The molecule has 0 aliphatic heterocycles. The number of rotatable bonds is 10. The van der Waals surface area contributed by atoms with Crippen LogP contribution in [0.4, 0.5) is 5.95 Å². The Hall–Kier alpha value is -2.69. The minimum atomic E-state index is -4.05. The third-order valence-electron chi connectivity index (χ3n) is 5.47. The van der Waals surface area contributed by atoms with E-state index in [1.807, 2.05) is 16.7 Å². The van der Waals surface area contributed by atoms with Gasteiger partial charge in [0.15, 0.2) is 10.8 Å². The van der Waals surface area contributed by atoms with E-state index in [9.17, 15) is 9.36 Å². The molecule has 3 aromatic rings. The van der Waals surface area contributed by atoms with Gasteiger partial charge in [0.1, 0.15) is 17.3 Å². The van der Waals surface area contributed by atoms with Crippen molar-refractivity contribution in [1.82, 2.24) is 24.6 Å². The molecule has 1 aromatic carbocycles. The van der Waals surface area contributed by atoms with Crippen molar-refractivity contribution < 1.29 is 23.1 Å². The largest absolute Gasteiger partial charge is 0.462 e. The van der Waals surface area contributed by atoms with Gasteiger partial charge < -0.3 is 19.6 Å². The average Bonchev–Trinajstić information content (AvgIpc) is 3.46. The number of imidazole rings is 1. The third-order valence-corrected chi connectivity index (χ3v) is 7.68. The van der Waals surface area contributed by atoms with Gasteiger partial charge in [-0.25, -0.2) is 9.55 Å². The zero-order valence-electron chi connectivity index (χ0n) is 20.4. The highest BCUT2D eigenvalue weighted by atomic mass is 35.5. The maximum absolute atomic E-state index is 13.7. The molecule has 2 heterocycles. The lowest BCUT2D eigenvalue weighted by Crippen LogP contribution is -2.36. The standard InChI is InChI=1S/C23H27Cl2N6O5P/c1-13(2)35-22(32)14(3)30-37(33,36-18-7-5-4-6-17(18)24)34-11-15-8-9-16(10-15)31-12-27-19-20(25)28-23(26)29-21(19)31/h4-9,12-16H,10-11H2,1-3H3,(H,30,33)(H2,26,28,29)/t14-,15+,16-,37?/m0/s1. The molecule has 14 heteroatoms. The molecule has 3 N–H and O–H groups in total. The first-order chi connectivity index (χ1) is 17.5. The van der Waals surface area contributed by atoms with Crippen LogP contribution in [0, 0.1) is 5.92 Å². The van der Waals surface area contributed by atoms with Gasteiger partial charge in [0, 0.05) is 5.92 Å². The second-order valence-corrected chi connectivity index (χ2v) is 11.3. The monoisotopic (exact) mass is 568 g/mol. The number of esters is 1. The Morgan fingerprint density at radius 1 is 1.24 bits per heavy atom. The summed E-state index contributed by atoms with van der Waals surface area (Å²) in [5.74, 6) is -0.507. The van der Waals surface area contributed by atoms with E-state index in [1.54, 1.807) is 44.4 Å². The minimum Gasteiger partial charge on any atom is -0.462 e. The molecular formula is C23H27Cl2N6O5P. The zero-order valence-corrected chi connectivity index (χ0v) is 22.8. The molecule has 0 fully saturated rings. The van der Waals surface area contributed by atoms with Gasteiger partial charge in [-0.2, -0.15) is 15.1 Å². The van der Waals surface area contributed by atoms with Gasteiger partial charge in [-0.15, -0.1) is 0 Å². The van der Waals surface area contributed by atoms with E-state index in [-0.39, 0.29) is 46.5 Å². The number of nitrogens with zero attached hydrogens (tertiary/aromatic N) is 4. The highest BCUT2D eigenvalue weighted by molar-refractivity contribution is 7.52. The van der Waals surface area contributed by atoms with Crippen LogP contribution in [0.2, 0.25) is 10.2 Å². The van der Waals surface area contributed by atoms with Crippen molar-refractivity contribution in [2.75, 3.05) is 12.3 Å². The zero-order chi connectivity index (χ0) is 26.7. The summed E-state index contributed by atoms with van der Waals surface area (Å²) in [6.45, 7) is 5.01. The molecule has 37 heavy (non-hydrogen) atoms. The Morgan fingerprint density at radius 3 is 2.73 bits per heavy atom. The lowest BCUT2D eigenvalue weighted by atomic mass is 10.1. The lowest BCUT2D eigenvalue weighted by molar-refractivity contribution is -0.149. The smallest absolute Gasteiger partial charge is 0.459 e. The maximum atomic E-state index is 13.7. The molecule has 198 valence electrons. The average molecular weight is 569 g/mol. The van der Waals surface area contributed by atoms with Gasteiger partial charge >= 0.3 is 13.7 Å². The summed E-state index contributed by atoms with van der Waals surface area (Å²) >= 11 is 12.3. The number of nitrogens with one attached hydrogen (secondary N) is 1. The van der Waals surface area contributed by atoms with Crippen molar-refractivity contribution in [3.05, 3.63) is 52.9 Å². The topological polar surface area (TPSA) is 143 Å². The van der Waals surface area contributed by atoms with Crippen LogP contribution in [0.3, 0.4) is 0 Å². The first-order valence-electron chi connectivity index (χ1n) is 11.6. The van der Waals surface area contributed by atoms with Crippen LogP contribution in [-0.2, 0) is 18.6 Å². The number of para-hydroxylation sites is 1. The number of hydrogen-bond acceptors (Lipinski definition) is 9. The summed E-state index contributed by atoms with van der Waals surface area (Å²) in [4.78, 5) is 24.8. The molecular weight excluding hydrogens is 542 g/mol. The molecule has 4 atom stereocenters. The van der Waals surface area contributed by atoms with E-state index < -0.39 is 19.8 Å². The van der Waals surface area contributed by atoms with Crippen LogP contribution in [0.25, 0.3) is 11.2 Å². The van der Waals surface area contributed by atoms with Crippen molar-refractivity contribution in [3.63, 3.8) is 0 Å². The molecule has 1 unspecified atom stereocenters. The molecule has 2 aromatic heterocycles. The normalized spacial score (nSPS) is 19.7. The molecule has 4 rings (SSSR count). The Labute approximate surface area is 223 Å². The maximum Gasteiger partial charge on any atom is 0.459 e. The highest BCUT2D eigenvalue weighted by Gasteiger charge is 2.35. The summed E-state index contributed by atoms with van der Waals surface area (Å²) in [7, 11) is -4.05. The fraction of sp³-hybridized carbons (Fsp3) is 0.391. The number of carbonyl (C=O) groups excluding carboxylic acids is 1. The molecule has 0 saturated carbocycles. The quantitative estimate of drug-likeness (QED) is 0.149. The number of carbonyl (C=O) groups is 1. The van der Waals surface area contributed by atoms with Gasteiger partial charge in [0.05, 0.1) is 30.1 Å². The van der Waals surface area contributed by atoms with E-state index in [2.05, 4.69) is 20.0 Å². The van der Waals surface area contributed by atoms with Crippen molar-refractivity contribution in [2.45, 2.75) is 45.4 Å². The predicted molar refractivity (Wildman–Crippen MR) is 140 cm³/mol. The number of nitrogen functional groups attached to an aromatic ring is 1.